The number of carbonyl (C=O) groups is 1. The number of rotatable bonds is 15. The van der Waals surface area contributed by atoms with Crippen LogP contribution < -0.4 is 14.8 Å². The highest BCUT2D eigenvalue weighted by Gasteiger charge is 2.50. The summed E-state index contributed by atoms with van der Waals surface area (Å²) in [6.45, 7) is 7.97. The molecular formula is C41H48N4O4Si. The lowest BCUT2D eigenvalue weighted by atomic mass is 9.95. The van der Waals surface area contributed by atoms with Gasteiger partial charge in [-0.15, -0.1) is 5.10 Å². The highest BCUT2D eigenvalue weighted by atomic mass is 28.3. The van der Waals surface area contributed by atoms with E-state index in [-0.39, 0.29) is 24.7 Å². The smallest absolute Gasteiger partial charge is 0.218 e. The summed E-state index contributed by atoms with van der Waals surface area (Å²) in [6.07, 6.45) is 5.65. The van der Waals surface area contributed by atoms with Crippen LogP contribution in [0.2, 0.25) is 18.6 Å². The fourth-order valence-electron chi connectivity index (χ4n) is 7.80. The van der Waals surface area contributed by atoms with Gasteiger partial charge in [0.1, 0.15) is 5.75 Å². The van der Waals surface area contributed by atoms with Crippen LogP contribution in [0.3, 0.4) is 0 Å². The third kappa shape index (κ3) is 7.75. The van der Waals surface area contributed by atoms with E-state index in [4.69, 9.17) is 9.47 Å². The summed E-state index contributed by atoms with van der Waals surface area (Å²) in [4.78, 5) is 13.6. The van der Waals surface area contributed by atoms with E-state index in [1.807, 2.05) is 83.7 Å². The predicted octanol–water partition coefficient (Wildman–Crippen LogP) is 7.12. The number of hydrogen-bond donors (Lipinski definition) is 1. The van der Waals surface area contributed by atoms with Crippen molar-refractivity contribution in [1.29, 1.82) is 0 Å². The second-order valence-corrected chi connectivity index (χ2v) is 18.6. The van der Waals surface area contributed by atoms with Crippen LogP contribution in [0.15, 0.2) is 115 Å². The van der Waals surface area contributed by atoms with Crippen LogP contribution in [-0.4, -0.2) is 60.5 Å². The molecular weight excluding hydrogens is 641 g/mol. The van der Waals surface area contributed by atoms with Crippen LogP contribution in [-0.2, 0) is 22.5 Å². The molecule has 1 aliphatic rings. The average Bonchev–Trinajstić information content (AvgIpc) is 3.75. The Morgan fingerprint density at radius 2 is 1.56 bits per heavy atom. The van der Waals surface area contributed by atoms with Crippen LogP contribution >= 0.6 is 0 Å². The molecule has 5 atom stereocenters. The van der Waals surface area contributed by atoms with Gasteiger partial charge in [0.25, 0.3) is 0 Å². The van der Waals surface area contributed by atoms with Gasteiger partial charge in [0.15, 0.2) is 0 Å². The topological polar surface area (TPSA) is 89.7 Å². The molecule has 0 radical (unpaired) electrons. The molecule has 50 heavy (non-hydrogen) atoms. The van der Waals surface area contributed by atoms with Crippen molar-refractivity contribution in [3.63, 3.8) is 0 Å². The van der Waals surface area contributed by atoms with Gasteiger partial charge >= 0.3 is 0 Å². The van der Waals surface area contributed by atoms with Gasteiger partial charge in [-0.3, -0.25) is 14.4 Å². The predicted molar refractivity (Wildman–Crippen MR) is 201 cm³/mol. The summed E-state index contributed by atoms with van der Waals surface area (Å²) in [6, 6.07) is 36.6. The highest BCUT2D eigenvalue weighted by Crippen LogP contribution is 2.46. The van der Waals surface area contributed by atoms with E-state index in [0.29, 0.717) is 18.0 Å². The van der Waals surface area contributed by atoms with Crippen LogP contribution in [0.5, 0.6) is 5.75 Å². The standard InChI is InChI=1S/C41H48N4O4Si/c1-30-39(24-17-31-15-18-34(19-16-31)45(29-47)33-13-9-6-10-14-33)49-40(41(30)50(3,4)36-22-20-35(48-2)21-23-36)25-26-44-27-38(42-43-44)37(28-46)32-11-7-5-8-12-32/h5-16,18-23,27,29-30,37,39-41,46H,17,24-26,28H2,1-4H3/t30-,37?,39+,40-,41+/m1/s1. The second-order valence-electron chi connectivity index (χ2n) is 13.9. The molecule has 1 unspecified atom stereocenters. The lowest BCUT2D eigenvalue weighted by molar-refractivity contribution is -0.106. The number of aryl methyl sites for hydroxylation is 2. The normalized spacial score (nSPS) is 19.6. The molecule has 0 spiro atoms. The van der Waals surface area contributed by atoms with E-state index in [9.17, 15) is 9.90 Å². The Morgan fingerprint density at radius 1 is 0.900 bits per heavy atom. The third-order valence-electron chi connectivity index (χ3n) is 10.6. The first-order chi connectivity index (χ1) is 24.3. The van der Waals surface area contributed by atoms with Gasteiger partial charge in [0.2, 0.25) is 6.41 Å². The molecule has 6 rings (SSSR count). The number of aliphatic hydroxyl groups excluding tert-OH is 1. The molecule has 260 valence electrons. The van der Waals surface area contributed by atoms with Crippen LogP contribution in [0.1, 0.15) is 42.5 Å². The number of aliphatic hydroxyl groups is 1. The minimum absolute atomic E-state index is 0.0253. The maximum atomic E-state index is 11.9. The van der Waals surface area contributed by atoms with Crippen molar-refractivity contribution in [2.75, 3.05) is 18.6 Å². The molecule has 1 saturated heterocycles. The van der Waals surface area contributed by atoms with Gasteiger partial charge in [-0.2, -0.15) is 0 Å². The Morgan fingerprint density at radius 3 is 2.20 bits per heavy atom. The molecule has 0 bridgehead atoms. The number of para-hydroxylation sites is 1. The maximum Gasteiger partial charge on any atom is 0.218 e. The molecule has 0 saturated carbocycles. The van der Waals surface area contributed by atoms with Gasteiger partial charge in [-0.25, -0.2) is 0 Å². The van der Waals surface area contributed by atoms with E-state index in [0.717, 1.165) is 54.1 Å². The molecule has 8 nitrogen and oxygen atoms in total. The third-order valence-corrected chi connectivity index (χ3v) is 15.0. The van der Waals surface area contributed by atoms with Crippen LogP contribution in [0.4, 0.5) is 11.4 Å². The van der Waals surface area contributed by atoms with Crippen LogP contribution in [0, 0.1) is 5.92 Å². The SMILES string of the molecule is COc1ccc([Si](C)(C)[C@H]2[C@H](C)[C@H](CCc3ccc(N(C=O)c4ccccc4)cc3)O[C@@H]2CCn2cc(C(CO)c3ccccc3)nn2)cc1. The van der Waals surface area contributed by atoms with Crippen molar-refractivity contribution in [3.05, 3.63) is 132 Å². The Balaban J connectivity index is 1.17. The van der Waals surface area contributed by atoms with Crippen molar-refractivity contribution in [2.24, 2.45) is 5.92 Å². The number of nitrogens with zero attached hydrogens (tertiary/aromatic N) is 4. The minimum atomic E-state index is -2.01. The van der Waals surface area contributed by atoms with Crippen molar-refractivity contribution in [1.82, 2.24) is 15.0 Å². The Hall–Kier alpha value is -4.57. The van der Waals surface area contributed by atoms with Gasteiger partial charge in [-0.05, 0) is 78.2 Å². The monoisotopic (exact) mass is 688 g/mol. The molecule has 1 N–H and O–H groups in total. The maximum absolute atomic E-state index is 11.9. The second kappa shape index (κ2) is 16.0. The summed E-state index contributed by atoms with van der Waals surface area (Å²) < 4.78 is 14.4. The zero-order valence-corrected chi connectivity index (χ0v) is 30.4. The number of anilines is 2. The largest absolute Gasteiger partial charge is 0.497 e. The van der Waals surface area contributed by atoms with E-state index in [1.165, 1.54) is 10.8 Å². The fraction of sp³-hybridized carbons (Fsp3) is 0.341. The van der Waals surface area contributed by atoms with Gasteiger partial charge < -0.3 is 14.6 Å². The first kappa shape index (κ1) is 35.3. The number of ether oxygens (including phenoxy) is 2. The quantitative estimate of drug-likeness (QED) is 0.0931. The zero-order valence-electron chi connectivity index (χ0n) is 29.4. The number of amides is 1. The van der Waals surface area contributed by atoms with E-state index >= 15 is 0 Å². The molecule has 1 aliphatic heterocycles. The summed E-state index contributed by atoms with van der Waals surface area (Å²) in [5, 5.41) is 20.5. The summed E-state index contributed by atoms with van der Waals surface area (Å²) in [5.74, 6) is 1.03. The lowest BCUT2D eigenvalue weighted by Crippen LogP contribution is -2.50. The molecule has 2 heterocycles. The number of aromatic nitrogens is 3. The molecule has 1 amide bonds. The number of methoxy groups -OCH3 is 1. The summed E-state index contributed by atoms with van der Waals surface area (Å²) >= 11 is 0. The van der Waals surface area contributed by atoms with Crippen molar-refractivity contribution >= 4 is 31.0 Å². The average molecular weight is 689 g/mol. The van der Waals surface area contributed by atoms with Crippen LogP contribution in [0.25, 0.3) is 0 Å². The zero-order chi connectivity index (χ0) is 35.1. The Bertz CT molecular complexity index is 1800. The van der Waals surface area contributed by atoms with Crippen molar-refractivity contribution < 1.29 is 19.4 Å². The van der Waals surface area contributed by atoms with E-state index in [2.05, 4.69) is 66.7 Å². The highest BCUT2D eigenvalue weighted by molar-refractivity contribution is 6.91. The minimum Gasteiger partial charge on any atom is -0.497 e. The first-order valence-corrected chi connectivity index (χ1v) is 20.6. The lowest BCUT2D eigenvalue weighted by Gasteiger charge is -2.36. The molecule has 1 fully saturated rings. The van der Waals surface area contributed by atoms with Crippen molar-refractivity contribution in [3.8, 4) is 5.75 Å². The van der Waals surface area contributed by atoms with E-state index < -0.39 is 8.07 Å². The fourth-order valence-corrected chi connectivity index (χ4v) is 11.9. The van der Waals surface area contributed by atoms with Gasteiger partial charge in [0, 0.05) is 24.1 Å². The van der Waals surface area contributed by atoms with E-state index in [1.54, 1.807) is 12.0 Å². The molecule has 1 aromatic heterocycles. The van der Waals surface area contributed by atoms with Gasteiger partial charge in [0.05, 0.1) is 45.6 Å². The number of hydrogen-bond acceptors (Lipinski definition) is 6. The summed E-state index contributed by atoms with van der Waals surface area (Å²) in [5.41, 5.74) is 5.11. The number of carbonyl (C=O) groups excluding carboxylic acids is 1. The number of benzene rings is 4. The molecule has 0 aliphatic carbocycles. The summed E-state index contributed by atoms with van der Waals surface area (Å²) in [7, 11) is -0.306. The Labute approximate surface area is 296 Å². The molecule has 4 aromatic carbocycles. The molecule has 5 aromatic rings. The molecule has 9 heteroatoms. The van der Waals surface area contributed by atoms with Gasteiger partial charge in [-0.1, -0.05) is 103 Å². The Kier molecular flexibility index (Phi) is 11.3. The van der Waals surface area contributed by atoms with Crippen molar-refractivity contribution in [2.45, 2.75) is 69.5 Å². The first-order valence-electron chi connectivity index (χ1n) is 17.6.